The van der Waals surface area contributed by atoms with Gasteiger partial charge in [-0.15, -0.1) is 11.8 Å². The molecule has 18 heavy (non-hydrogen) atoms. The third-order valence-electron chi connectivity index (χ3n) is 2.31. The summed E-state index contributed by atoms with van der Waals surface area (Å²) in [6, 6.07) is 3.58. The second-order valence-corrected chi connectivity index (χ2v) is 4.49. The number of anilines is 1. The second-order valence-electron chi connectivity index (χ2n) is 3.47. The third-order valence-corrected chi connectivity index (χ3v) is 3.45. The highest BCUT2D eigenvalue weighted by Gasteiger charge is 2.15. The highest BCUT2D eigenvalue weighted by Crippen LogP contribution is 2.28. The van der Waals surface area contributed by atoms with E-state index in [1.807, 2.05) is 6.07 Å². The molecular formula is C12H12N2O3S. The van der Waals surface area contributed by atoms with Crippen LogP contribution in [0.2, 0.25) is 0 Å². The summed E-state index contributed by atoms with van der Waals surface area (Å²) in [5.74, 6) is 0.339. The lowest BCUT2D eigenvalue weighted by Crippen LogP contribution is -2.02. The Morgan fingerprint density at radius 1 is 1.56 bits per heavy atom. The SMILES string of the molecule is COC(=O)c1occc1CSc1ccncc1N. The average molecular weight is 264 g/mol. The monoisotopic (exact) mass is 264 g/mol. The zero-order valence-corrected chi connectivity index (χ0v) is 10.6. The lowest BCUT2D eigenvalue weighted by Gasteiger charge is -2.04. The maximum absolute atomic E-state index is 11.4. The number of nitrogens with two attached hydrogens (primary N) is 1. The fourth-order valence-corrected chi connectivity index (χ4v) is 2.32. The molecule has 0 bridgehead atoms. The van der Waals surface area contributed by atoms with E-state index in [0.717, 1.165) is 10.5 Å². The van der Waals surface area contributed by atoms with Crippen molar-refractivity contribution in [1.82, 2.24) is 4.98 Å². The highest BCUT2D eigenvalue weighted by atomic mass is 32.2. The van der Waals surface area contributed by atoms with E-state index in [1.165, 1.54) is 25.1 Å². The van der Waals surface area contributed by atoms with Crippen LogP contribution in [0.5, 0.6) is 0 Å². The number of nitrogens with zero attached hydrogens (tertiary/aromatic N) is 1. The van der Waals surface area contributed by atoms with Crippen LogP contribution in [0.3, 0.4) is 0 Å². The zero-order chi connectivity index (χ0) is 13.0. The number of carbonyl (C=O) groups excluding carboxylic acids is 1. The number of carbonyl (C=O) groups is 1. The summed E-state index contributed by atoms with van der Waals surface area (Å²) in [6.45, 7) is 0. The minimum atomic E-state index is -0.474. The maximum atomic E-state index is 11.4. The van der Waals surface area contributed by atoms with Gasteiger partial charge in [0.2, 0.25) is 5.76 Å². The van der Waals surface area contributed by atoms with Crippen LogP contribution in [0.25, 0.3) is 0 Å². The Morgan fingerprint density at radius 3 is 3.11 bits per heavy atom. The largest absolute Gasteiger partial charge is 0.463 e. The molecule has 2 rings (SSSR count). The van der Waals surface area contributed by atoms with Crippen LogP contribution in [-0.4, -0.2) is 18.1 Å². The van der Waals surface area contributed by atoms with Gasteiger partial charge in [-0.1, -0.05) is 0 Å². The number of rotatable bonds is 4. The number of esters is 1. The first kappa shape index (κ1) is 12.5. The van der Waals surface area contributed by atoms with Crippen molar-refractivity contribution in [2.45, 2.75) is 10.6 Å². The summed E-state index contributed by atoms with van der Waals surface area (Å²) in [4.78, 5) is 16.3. The minimum absolute atomic E-state index is 0.234. The van der Waals surface area contributed by atoms with E-state index >= 15 is 0 Å². The molecule has 2 aromatic heterocycles. The van der Waals surface area contributed by atoms with E-state index in [2.05, 4.69) is 9.72 Å². The fraction of sp³-hybridized carbons (Fsp3) is 0.167. The molecule has 0 aliphatic rings. The molecule has 0 aliphatic heterocycles. The van der Waals surface area contributed by atoms with Crippen molar-refractivity contribution in [1.29, 1.82) is 0 Å². The minimum Gasteiger partial charge on any atom is -0.463 e. The molecule has 5 nitrogen and oxygen atoms in total. The number of ether oxygens (including phenoxy) is 1. The van der Waals surface area contributed by atoms with Crippen LogP contribution < -0.4 is 5.73 Å². The van der Waals surface area contributed by atoms with Crippen LogP contribution in [0.1, 0.15) is 16.1 Å². The van der Waals surface area contributed by atoms with Crippen molar-refractivity contribution >= 4 is 23.4 Å². The summed E-state index contributed by atoms with van der Waals surface area (Å²) in [6.07, 6.45) is 4.74. The van der Waals surface area contributed by atoms with Crippen molar-refractivity contribution in [3.63, 3.8) is 0 Å². The van der Waals surface area contributed by atoms with Gasteiger partial charge >= 0.3 is 5.97 Å². The first-order valence-corrected chi connectivity index (χ1v) is 6.18. The van der Waals surface area contributed by atoms with Crippen LogP contribution in [0, 0.1) is 0 Å². The number of nitrogen functional groups attached to an aromatic ring is 1. The standard InChI is InChI=1S/C12H12N2O3S/c1-16-12(15)11-8(3-5-17-11)7-18-10-2-4-14-6-9(10)13/h2-6H,7,13H2,1H3. The molecule has 0 aromatic carbocycles. The average Bonchev–Trinajstić information content (AvgIpc) is 2.85. The topological polar surface area (TPSA) is 78.3 Å². The molecule has 0 fully saturated rings. The molecule has 94 valence electrons. The molecular weight excluding hydrogens is 252 g/mol. The second kappa shape index (κ2) is 5.59. The molecule has 0 spiro atoms. The number of thioether (sulfide) groups is 1. The zero-order valence-electron chi connectivity index (χ0n) is 9.75. The van der Waals surface area contributed by atoms with Crippen LogP contribution in [0.15, 0.2) is 40.1 Å². The Bertz CT molecular complexity index is 554. The molecule has 2 aromatic rings. The molecule has 2 heterocycles. The van der Waals surface area contributed by atoms with Gasteiger partial charge in [-0.2, -0.15) is 0 Å². The quantitative estimate of drug-likeness (QED) is 0.674. The Labute approximate surface area is 108 Å². The van der Waals surface area contributed by atoms with Crippen molar-refractivity contribution in [2.24, 2.45) is 0 Å². The van der Waals surface area contributed by atoms with E-state index in [0.29, 0.717) is 11.4 Å². The van der Waals surface area contributed by atoms with Crippen LogP contribution >= 0.6 is 11.8 Å². The third kappa shape index (κ3) is 2.65. The maximum Gasteiger partial charge on any atom is 0.374 e. The molecule has 2 N–H and O–H groups in total. The molecule has 0 saturated heterocycles. The van der Waals surface area contributed by atoms with E-state index < -0.39 is 5.97 Å². The number of methoxy groups -OCH3 is 1. The summed E-state index contributed by atoms with van der Waals surface area (Å²) in [7, 11) is 1.32. The van der Waals surface area contributed by atoms with Gasteiger partial charge in [0.05, 0.1) is 25.3 Å². The molecule has 0 atom stereocenters. The van der Waals surface area contributed by atoms with Gasteiger partial charge in [0, 0.05) is 22.4 Å². The van der Waals surface area contributed by atoms with Gasteiger partial charge in [-0.3, -0.25) is 4.98 Å². The number of furan rings is 1. The van der Waals surface area contributed by atoms with E-state index in [1.54, 1.807) is 18.5 Å². The predicted octanol–water partition coefficient (Wildman–Crippen LogP) is 2.34. The van der Waals surface area contributed by atoms with Crippen molar-refractivity contribution in [3.05, 3.63) is 42.1 Å². The Kier molecular flexibility index (Phi) is 3.88. The first-order valence-electron chi connectivity index (χ1n) is 5.19. The summed E-state index contributed by atoms with van der Waals surface area (Å²) >= 11 is 1.51. The molecule has 0 radical (unpaired) electrons. The number of hydrogen-bond acceptors (Lipinski definition) is 6. The molecule has 0 aliphatic carbocycles. The van der Waals surface area contributed by atoms with Gasteiger partial charge in [0.25, 0.3) is 0 Å². The van der Waals surface area contributed by atoms with Gasteiger partial charge in [-0.05, 0) is 12.1 Å². The van der Waals surface area contributed by atoms with E-state index in [-0.39, 0.29) is 5.76 Å². The molecule has 6 heteroatoms. The Hall–Kier alpha value is -1.95. The Morgan fingerprint density at radius 2 is 2.39 bits per heavy atom. The van der Waals surface area contributed by atoms with Crippen molar-refractivity contribution < 1.29 is 13.9 Å². The highest BCUT2D eigenvalue weighted by molar-refractivity contribution is 7.98. The van der Waals surface area contributed by atoms with Crippen LogP contribution in [0.4, 0.5) is 5.69 Å². The predicted molar refractivity (Wildman–Crippen MR) is 68.3 cm³/mol. The number of pyridine rings is 1. The first-order chi connectivity index (χ1) is 8.72. The van der Waals surface area contributed by atoms with Gasteiger partial charge in [0.1, 0.15) is 0 Å². The molecule has 0 amide bonds. The smallest absolute Gasteiger partial charge is 0.374 e. The summed E-state index contributed by atoms with van der Waals surface area (Å²) in [5, 5.41) is 0. The number of hydrogen-bond donors (Lipinski definition) is 1. The van der Waals surface area contributed by atoms with E-state index in [4.69, 9.17) is 10.2 Å². The van der Waals surface area contributed by atoms with Gasteiger partial charge in [0.15, 0.2) is 0 Å². The lowest BCUT2D eigenvalue weighted by molar-refractivity contribution is 0.0564. The van der Waals surface area contributed by atoms with E-state index in [9.17, 15) is 4.79 Å². The fourth-order valence-electron chi connectivity index (χ4n) is 1.40. The van der Waals surface area contributed by atoms with Gasteiger partial charge in [-0.25, -0.2) is 4.79 Å². The van der Waals surface area contributed by atoms with Gasteiger partial charge < -0.3 is 14.9 Å². The van der Waals surface area contributed by atoms with Crippen molar-refractivity contribution in [3.8, 4) is 0 Å². The summed E-state index contributed by atoms with van der Waals surface area (Å²) in [5.41, 5.74) is 7.18. The summed E-state index contributed by atoms with van der Waals surface area (Å²) < 4.78 is 9.74. The Balaban J connectivity index is 2.09. The van der Waals surface area contributed by atoms with Crippen molar-refractivity contribution in [2.75, 3.05) is 12.8 Å². The molecule has 0 saturated carbocycles. The normalized spacial score (nSPS) is 10.3. The molecule has 0 unspecified atom stereocenters. The number of aromatic nitrogens is 1. The lowest BCUT2D eigenvalue weighted by atomic mass is 10.3. The van der Waals surface area contributed by atoms with Crippen LogP contribution in [-0.2, 0) is 10.5 Å².